The molecule has 2 rings (SSSR count). The molecule has 0 bridgehead atoms. The number of ether oxygens (including phenoxy) is 1. The lowest BCUT2D eigenvalue weighted by molar-refractivity contribution is -0.275. The molecular formula is C11H10F3NO3S. The highest BCUT2D eigenvalue weighted by Crippen LogP contribution is 2.31. The molecule has 1 aromatic rings. The van der Waals surface area contributed by atoms with E-state index in [1.165, 1.54) is 12.1 Å². The zero-order chi connectivity index (χ0) is 14.1. The van der Waals surface area contributed by atoms with Crippen LogP contribution < -0.4 is 4.74 Å². The zero-order valence-electron chi connectivity index (χ0n) is 9.59. The first-order valence-electron chi connectivity index (χ1n) is 5.30. The summed E-state index contributed by atoms with van der Waals surface area (Å²) in [6.45, 7) is 0.283. The number of alkyl halides is 3. The fourth-order valence-corrected chi connectivity index (χ4v) is 3.12. The van der Waals surface area contributed by atoms with Gasteiger partial charge in [0.15, 0.2) is 0 Å². The molecule has 0 atom stereocenters. The van der Waals surface area contributed by atoms with Crippen molar-refractivity contribution in [2.75, 3.05) is 13.1 Å². The summed E-state index contributed by atoms with van der Waals surface area (Å²) in [5.41, 5.74) is 0. The van der Waals surface area contributed by atoms with Crippen molar-refractivity contribution in [1.82, 2.24) is 4.31 Å². The van der Waals surface area contributed by atoms with Crippen LogP contribution in [0.5, 0.6) is 5.75 Å². The van der Waals surface area contributed by atoms with Crippen LogP contribution in [0.4, 0.5) is 13.2 Å². The van der Waals surface area contributed by atoms with E-state index in [1.54, 1.807) is 12.2 Å². The minimum atomic E-state index is -4.94. The molecule has 0 fully saturated rings. The van der Waals surface area contributed by atoms with E-state index in [2.05, 4.69) is 4.74 Å². The smallest absolute Gasteiger partial charge is 0.404 e. The lowest BCUT2D eigenvalue weighted by Gasteiger charge is -2.18. The van der Waals surface area contributed by atoms with Gasteiger partial charge < -0.3 is 4.74 Å². The second kappa shape index (κ2) is 4.86. The molecule has 8 heteroatoms. The monoisotopic (exact) mass is 293 g/mol. The Hall–Kier alpha value is -1.54. The quantitative estimate of drug-likeness (QED) is 0.802. The summed E-state index contributed by atoms with van der Waals surface area (Å²) in [6, 6.07) is 4.69. The molecule has 0 aromatic heterocycles. The molecule has 0 saturated carbocycles. The van der Waals surface area contributed by atoms with Crippen LogP contribution in [0.15, 0.2) is 41.3 Å². The van der Waals surface area contributed by atoms with Crippen molar-refractivity contribution in [1.29, 1.82) is 0 Å². The van der Waals surface area contributed by atoms with E-state index in [-0.39, 0.29) is 13.1 Å². The van der Waals surface area contributed by atoms with Crippen molar-refractivity contribution in [2.45, 2.75) is 11.3 Å². The summed E-state index contributed by atoms with van der Waals surface area (Å²) in [6.07, 6.45) is -1.68. The maximum absolute atomic E-state index is 12.2. The van der Waals surface area contributed by atoms with Crippen LogP contribution in [0.2, 0.25) is 0 Å². The van der Waals surface area contributed by atoms with Crippen LogP contribution in [0.3, 0.4) is 0 Å². The zero-order valence-corrected chi connectivity index (χ0v) is 10.4. The standard InChI is InChI=1S/C11H10F3NO3S/c12-11(13,14)18-9-5-1-2-6-10(9)19(16,17)15-7-3-4-8-15/h1-6H,7-8H2. The highest BCUT2D eigenvalue weighted by Gasteiger charge is 2.35. The van der Waals surface area contributed by atoms with Crippen LogP contribution in [0.1, 0.15) is 0 Å². The summed E-state index contributed by atoms with van der Waals surface area (Å²) in [5, 5.41) is 0. The third kappa shape index (κ3) is 3.07. The molecule has 4 nitrogen and oxygen atoms in total. The van der Waals surface area contributed by atoms with Gasteiger partial charge in [0.1, 0.15) is 10.6 Å². The average Bonchev–Trinajstić information content (AvgIpc) is 2.81. The molecular weight excluding hydrogens is 283 g/mol. The molecule has 1 heterocycles. The predicted molar refractivity (Wildman–Crippen MR) is 61.0 cm³/mol. The van der Waals surface area contributed by atoms with Crippen molar-refractivity contribution >= 4 is 10.0 Å². The minimum absolute atomic E-state index is 0.142. The number of sulfonamides is 1. The normalized spacial score (nSPS) is 16.8. The summed E-state index contributed by atoms with van der Waals surface area (Å²) >= 11 is 0. The predicted octanol–water partition coefficient (Wildman–Crippen LogP) is 2.15. The number of para-hydroxylation sites is 1. The molecule has 1 aromatic carbocycles. The van der Waals surface area contributed by atoms with E-state index in [9.17, 15) is 21.6 Å². The van der Waals surface area contributed by atoms with Gasteiger partial charge in [0.25, 0.3) is 0 Å². The Morgan fingerprint density at radius 1 is 1.11 bits per heavy atom. The van der Waals surface area contributed by atoms with Crippen molar-refractivity contribution in [3.05, 3.63) is 36.4 Å². The first kappa shape index (κ1) is 13.9. The Morgan fingerprint density at radius 3 is 2.26 bits per heavy atom. The third-order valence-electron chi connectivity index (χ3n) is 2.48. The van der Waals surface area contributed by atoms with Gasteiger partial charge in [-0.1, -0.05) is 24.3 Å². The van der Waals surface area contributed by atoms with Gasteiger partial charge in [-0.3, -0.25) is 0 Å². The second-order valence-corrected chi connectivity index (χ2v) is 5.69. The van der Waals surface area contributed by atoms with Gasteiger partial charge in [-0.2, -0.15) is 4.31 Å². The minimum Gasteiger partial charge on any atom is -0.404 e. The average molecular weight is 293 g/mol. The maximum Gasteiger partial charge on any atom is 0.573 e. The Morgan fingerprint density at radius 2 is 1.68 bits per heavy atom. The molecule has 1 aliphatic heterocycles. The lowest BCUT2D eigenvalue weighted by atomic mass is 10.3. The van der Waals surface area contributed by atoms with E-state index in [4.69, 9.17) is 0 Å². The molecule has 0 amide bonds. The van der Waals surface area contributed by atoms with Crippen molar-refractivity contribution in [3.8, 4) is 5.75 Å². The SMILES string of the molecule is O=S(=O)(c1ccccc1OC(F)(F)F)N1CC=CC1. The summed E-state index contributed by atoms with van der Waals surface area (Å²) in [4.78, 5) is -0.490. The van der Waals surface area contributed by atoms with E-state index >= 15 is 0 Å². The Balaban J connectivity index is 2.39. The fraction of sp³-hybridized carbons (Fsp3) is 0.273. The number of nitrogens with zero attached hydrogens (tertiary/aromatic N) is 1. The summed E-state index contributed by atoms with van der Waals surface area (Å²) < 4.78 is 65.9. The number of rotatable bonds is 3. The first-order valence-corrected chi connectivity index (χ1v) is 6.74. The topological polar surface area (TPSA) is 46.6 Å². The lowest BCUT2D eigenvalue weighted by Crippen LogP contribution is -2.29. The highest BCUT2D eigenvalue weighted by atomic mass is 32.2. The van der Waals surface area contributed by atoms with Crippen LogP contribution in [0, 0.1) is 0 Å². The Bertz CT molecular complexity index is 587. The van der Waals surface area contributed by atoms with E-state index < -0.39 is 27.0 Å². The van der Waals surface area contributed by atoms with Crippen LogP contribution in [0.25, 0.3) is 0 Å². The Kier molecular flexibility index (Phi) is 3.55. The molecule has 0 radical (unpaired) electrons. The Labute approximate surface area is 108 Å². The van der Waals surface area contributed by atoms with E-state index in [0.29, 0.717) is 0 Å². The summed E-state index contributed by atoms with van der Waals surface area (Å²) in [5.74, 6) is -0.720. The van der Waals surface area contributed by atoms with Crippen LogP contribution >= 0.6 is 0 Å². The molecule has 0 unspecified atom stereocenters. The highest BCUT2D eigenvalue weighted by molar-refractivity contribution is 7.89. The van der Waals surface area contributed by atoms with Crippen molar-refractivity contribution in [2.24, 2.45) is 0 Å². The van der Waals surface area contributed by atoms with Crippen molar-refractivity contribution < 1.29 is 26.3 Å². The van der Waals surface area contributed by atoms with Crippen LogP contribution in [-0.4, -0.2) is 32.2 Å². The second-order valence-electron chi connectivity index (χ2n) is 3.79. The largest absolute Gasteiger partial charge is 0.573 e. The number of halogens is 3. The molecule has 0 saturated heterocycles. The van der Waals surface area contributed by atoms with E-state index in [1.807, 2.05) is 0 Å². The number of benzene rings is 1. The first-order chi connectivity index (χ1) is 8.81. The number of hydrogen-bond acceptors (Lipinski definition) is 3. The van der Waals surface area contributed by atoms with Gasteiger partial charge in [-0.25, -0.2) is 8.42 Å². The number of hydrogen-bond donors (Lipinski definition) is 0. The van der Waals surface area contributed by atoms with E-state index in [0.717, 1.165) is 16.4 Å². The summed E-state index contributed by atoms with van der Waals surface area (Å²) in [7, 11) is -4.00. The third-order valence-corrected chi connectivity index (χ3v) is 4.35. The van der Waals surface area contributed by atoms with Gasteiger partial charge >= 0.3 is 6.36 Å². The fourth-order valence-electron chi connectivity index (χ4n) is 1.67. The van der Waals surface area contributed by atoms with Gasteiger partial charge in [0.05, 0.1) is 0 Å². The maximum atomic E-state index is 12.2. The van der Waals surface area contributed by atoms with Gasteiger partial charge in [0, 0.05) is 13.1 Å². The van der Waals surface area contributed by atoms with Gasteiger partial charge in [-0.05, 0) is 12.1 Å². The van der Waals surface area contributed by atoms with Crippen molar-refractivity contribution in [3.63, 3.8) is 0 Å². The van der Waals surface area contributed by atoms with Gasteiger partial charge in [-0.15, -0.1) is 13.2 Å². The molecule has 0 spiro atoms. The molecule has 1 aliphatic rings. The molecule has 19 heavy (non-hydrogen) atoms. The molecule has 104 valence electrons. The molecule has 0 aliphatic carbocycles. The molecule has 0 N–H and O–H groups in total. The van der Waals surface area contributed by atoms with Crippen LogP contribution in [-0.2, 0) is 10.0 Å². The van der Waals surface area contributed by atoms with Gasteiger partial charge in [0.2, 0.25) is 10.0 Å².